The van der Waals surface area contributed by atoms with Crippen molar-refractivity contribution < 1.29 is 18.7 Å². The Kier molecular flexibility index (Phi) is 6.69. The zero-order valence-electron chi connectivity index (χ0n) is 17.1. The van der Waals surface area contributed by atoms with E-state index < -0.39 is 12.1 Å². The maximum absolute atomic E-state index is 13.1. The second-order valence-corrected chi connectivity index (χ2v) is 7.86. The molecule has 0 fully saturated rings. The van der Waals surface area contributed by atoms with E-state index in [9.17, 15) is 9.59 Å². The van der Waals surface area contributed by atoms with Crippen molar-refractivity contribution in [1.29, 1.82) is 0 Å². The van der Waals surface area contributed by atoms with Crippen molar-refractivity contribution in [3.05, 3.63) is 44.6 Å². The van der Waals surface area contributed by atoms with Gasteiger partial charge in [0.25, 0.3) is 0 Å². The Labute approximate surface area is 173 Å². The molecule has 154 valence electrons. The van der Waals surface area contributed by atoms with Crippen LogP contribution in [0.15, 0.2) is 33.0 Å². The molecule has 1 atom stereocenters. The average molecular weight is 416 g/mol. The van der Waals surface area contributed by atoms with E-state index in [0.29, 0.717) is 34.6 Å². The number of thiazole rings is 1. The molecule has 0 unspecified atom stereocenters. The molecule has 2 heterocycles. The van der Waals surface area contributed by atoms with Crippen molar-refractivity contribution in [3.63, 3.8) is 0 Å². The smallest absolute Gasteiger partial charge is 0.347 e. The van der Waals surface area contributed by atoms with Gasteiger partial charge in [-0.05, 0) is 45.2 Å². The summed E-state index contributed by atoms with van der Waals surface area (Å²) in [6, 6.07) is 3.50. The molecule has 7 heteroatoms. The summed E-state index contributed by atoms with van der Waals surface area (Å²) >= 11 is 1.49. The molecule has 0 saturated carbocycles. The van der Waals surface area contributed by atoms with Gasteiger partial charge in [0, 0.05) is 11.4 Å². The summed E-state index contributed by atoms with van der Waals surface area (Å²) in [6.45, 7) is 7.69. The molecule has 3 aromatic rings. The highest BCUT2D eigenvalue weighted by Gasteiger charge is 2.20. The summed E-state index contributed by atoms with van der Waals surface area (Å²) in [7, 11) is 0. The number of hydrogen-bond acceptors (Lipinski definition) is 7. The van der Waals surface area contributed by atoms with E-state index in [4.69, 9.17) is 13.9 Å². The van der Waals surface area contributed by atoms with Gasteiger partial charge >= 0.3 is 5.97 Å². The van der Waals surface area contributed by atoms with Crippen LogP contribution < -0.4 is 10.2 Å². The zero-order chi connectivity index (χ0) is 21.0. The van der Waals surface area contributed by atoms with Gasteiger partial charge in [-0.25, -0.2) is 9.78 Å². The molecular weight excluding hydrogens is 390 g/mol. The summed E-state index contributed by atoms with van der Waals surface area (Å²) in [5, 5.41) is 3.22. The van der Waals surface area contributed by atoms with Gasteiger partial charge in [-0.3, -0.25) is 4.79 Å². The Balaban J connectivity index is 2.05. The second kappa shape index (κ2) is 9.22. The van der Waals surface area contributed by atoms with Crippen LogP contribution in [0.1, 0.15) is 44.2 Å². The number of unbranched alkanes of at least 4 members (excludes halogenated alkanes) is 1. The highest BCUT2D eigenvalue weighted by molar-refractivity contribution is 7.09. The number of benzene rings is 1. The maximum atomic E-state index is 13.1. The minimum absolute atomic E-state index is 0.126. The number of rotatable bonds is 8. The van der Waals surface area contributed by atoms with Gasteiger partial charge in [-0.15, -0.1) is 11.3 Å². The third kappa shape index (κ3) is 4.67. The minimum atomic E-state index is -0.753. The molecular formula is C22H25NO5S. The second-order valence-electron chi connectivity index (χ2n) is 6.80. The molecule has 6 nitrogen and oxygen atoms in total. The summed E-state index contributed by atoms with van der Waals surface area (Å²) in [5.74, 6) is 0.108. The first-order chi connectivity index (χ1) is 13.9. The van der Waals surface area contributed by atoms with Crippen LogP contribution in [0, 0.1) is 6.92 Å². The Morgan fingerprint density at radius 2 is 2.10 bits per heavy atom. The number of fused-ring (bicyclic) bond motifs is 1. The SMILES string of the molecule is CCCCc1cc2c(=O)c(-c3csc(C)n3)coc2cc1O[C@H](C)C(=O)OCC. The average Bonchev–Trinajstić information content (AvgIpc) is 3.13. The number of carbonyl (C=O) groups is 1. The third-order valence-electron chi connectivity index (χ3n) is 4.57. The number of aromatic nitrogens is 1. The summed E-state index contributed by atoms with van der Waals surface area (Å²) in [5.41, 5.74) is 2.22. The van der Waals surface area contributed by atoms with Crippen LogP contribution in [0.5, 0.6) is 5.75 Å². The fourth-order valence-corrected chi connectivity index (χ4v) is 3.65. The number of ether oxygens (including phenoxy) is 2. The Hall–Kier alpha value is -2.67. The lowest BCUT2D eigenvalue weighted by Gasteiger charge is -2.17. The fraction of sp³-hybridized carbons (Fsp3) is 0.409. The van der Waals surface area contributed by atoms with E-state index in [1.54, 1.807) is 19.9 Å². The van der Waals surface area contributed by atoms with Gasteiger partial charge in [-0.2, -0.15) is 0 Å². The van der Waals surface area contributed by atoms with Crippen molar-refractivity contribution in [2.45, 2.75) is 53.1 Å². The summed E-state index contributed by atoms with van der Waals surface area (Å²) in [6.07, 6.45) is 3.35. The Morgan fingerprint density at radius 1 is 1.31 bits per heavy atom. The lowest BCUT2D eigenvalue weighted by atomic mass is 10.0. The number of esters is 1. The first-order valence-electron chi connectivity index (χ1n) is 9.78. The highest BCUT2D eigenvalue weighted by Crippen LogP contribution is 2.29. The van der Waals surface area contributed by atoms with Crippen LogP contribution in [0.2, 0.25) is 0 Å². The molecule has 0 bridgehead atoms. The van der Waals surface area contributed by atoms with Crippen molar-refractivity contribution >= 4 is 28.3 Å². The van der Waals surface area contributed by atoms with Gasteiger partial charge in [0.15, 0.2) is 6.10 Å². The molecule has 0 aliphatic carbocycles. The monoisotopic (exact) mass is 415 g/mol. The first-order valence-corrected chi connectivity index (χ1v) is 10.7. The molecule has 0 aliphatic heterocycles. The first kappa shape index (κ1) is 21.0. The normalized spacial score (nSPS) is 12.1. The topological polar surface area (TPSA) is 78.6 Å². The quantitative estimate of drug-likeness (QED) is 0.487. The number of aryl methyl sites for hydroxylation is 2. The molecule has 3 rings (SSSR count). The van der Waals surface area contributed by atoms with E-state index in [1.165, 1.54) is 17.6 Å². The van der Waals surface area contributed by atoms with E-state index in [1.807, 2.05) is 18.4 Å². The molecule has 0 aliphatic rings. The van der Waals surface area contributed by atoms with Crippen molar-refractivity contribution in [1.82, 2.24) is 4.98 Å². The molecule has 1 aromatic carbocycles. The van der Waals surface area contributed by atoms with Crippen LogP contribution in [0.25, 0.3) is 22.2 Å². The summed E-state index contributed by atoms with van der Waals surface area (Å²) < 4.78 is 16.6. The number of carbonyl (C=O) groups excluding carboxylic acids is 1. The van der Waals surface area contributed by atoms with E-state index in [-0.39, 0.29) is 5.43 Å². The van der Waals surface area contributed by atoms with Crippen LogP contribution in [-0.2, 0) is 16.0 Å². The Bertz CT molecular complexity index is 1070. The van der Waals surface area contributed by atoms with Crippen LogP contribution in [-0.4, -0.2) is 23.7 Å². The highest BCUT2D eigenvalue weighted by atomic mass is 32.1. The van der Waals surface area contributed by atoms with E-state index >= 15 is 0 Å². The lowest BCUT2D eigenvalue weighted by molar-refractivity contribution is -0.150. The van der Waals surface area contributed by atoms with Gasteiger partial charge in [0.1, 0.15) is 17.6 Å². The van der Waals surface area contributed by atoms with Crippen molar-refractivity contribution in [3.8, 4) is 17.0 Å². The molecule has 0 spiro atoms. The molecule has 29 heavy (non-hydrogen) atoms. The number of hydrogen-bond donors (Lipinski definition) is 0. The predicted molar refractivity (Wildman–Crippen MR) is 114 cm³/mol. The van der Waals surface area contributed by atoms with Gasteiger partial charge in [0.05, 0.1) is 28.3 Å². The standard InChI is InChI=1S/C22H25NO5S/c1-5-7-8-15-9-16-20(10-19(15)28-13(3)22(25)26-6-2)27-11-17(21(16)24)18-12-29-14(4)23-18/h9-13H,5-8H2,1-4H3/t13-/m1/s1. The van der Waals surface area contributed by atoms with Crippen LogP contribution in [0.3, 0.4) is 0 Å². The van der Waals surface area contributed by atoms with Crippen LogP contribution in [0.4, 0.5) is 0 Å². The van der Waals surface area contributed by atoms with Crippen molar-refractivity contribution in [2.75, 3.05) is 6.61 Å². The largest absolute Gasteiger partial charge is 0.479 e. The predicted octanol–water partition coefficient (Wildman–Crippen LogP) is 4.90. The van der Waals surface area contributed by atoms with E-state index in [0.717, 1.165) is 29.8 Å². The molecule has 0 N–H and O–H groups in total. The maximum Gasteiger partial charge on any atom is 0.347 e. The van der Waals surface area contributed by atoms with Gasteiger partial charge < -0.3 is 13.9 Å². The summed E-state index contributed by atoms with van der Waals surface area (Å²) in [4.78, 5) is 29.4. The Morgan fingerprint density at radius 3 is 2.76 bits per heavy atom. The van der Waals surface area contributed by atoms with Gasteiger partial charge in [0.2, 0.25) is 5.43 Å². The van der Waals surface area contributed by atoms with Gasteiger partial charge in [-0.1, -0.05) is 13.3 Å². The minimum Gasteiger partial charge on any atom is -0.479 e. The fourth-order valence-electron chi connectivity index (χ4n) is 3.04. The molecule has 0 saturated heterocycles. The van der Waals surface area contributed by atoms with Crippen LogP contribution >= 0.6 is 11.3 Å². The third-order valence-corrected chi connectivity index (χ3v) is 5.35. The van der Waals surface area contributed by atoms with E-state index in [2.05, 4.69) is 11.9 Å². The number of nitrogens with zero attached hydrogens (tertiary/aromatic N) is 1. The molecule has 0 radical (unpaired) electrons. The zero-order valence-corrected chi connectivity index (χ0v) is 17.9. The van der Waals surface area contributed by atoms with Crippen molar-refractivity contribution in [2.24, 2.45) is 0 Å². The molecule has 0 amide bonds. The lowest BCUT2D eigenvalue weighted by Crippen LogP contribution is -2.26. The molecule has 2 aromatic heterocycles.